The maximum atomic E-state index is 14.9. The van der Waals surface area contributed by atoms with Gasteiger partial charge in [0.1, 0.15) is 17.3 Å². The van der Waals surface area contributed by atoms with E-state index in [1.54, 1.807) is 14.0 Å². The van der Waals surface area contributed by atoms with Crippen LogP contribution in [0.3, 0.4) is 0 Å². The molecule has 0 saturated carbocycles. The number of hydrogen-bond donors (Lipinski definition) is 1. The van der Waals surface area contributed by atoms with Crippen molar-refractivity contribution in [3.63, 3.8) is 0 Å². The summed E-state index contributed by atoms with van der Waals surface area (Å²) in [4.78, 5) is 11.5. The van der Waals surface area contributed by atoms with Crippen molar-refractivity contribution in [2.24, 2.45) is 0 Å². The molecule has 3 aromatic rings. The Bertz CT molecular complexity index is 1150. The van der Waals surface area contributed by atoms with E-state index < -0.39 is 24.2 Å². The van der Waals surface area contributed by atoms with Crippen molar-refractivity contribution in [2.45, 2.75) is 27.3 Å². The van der Waals surface area contributed by atoms with Gasteiger partial charge >= 0.3 is 5.97 Å². The molecule has 33 heavy (non-hydrogen) atoms. The number of rotatable bonds is 9. The minimum Gasteiger partial charge on any atom is -0.496 e. The Kier molecular flexibility index (Phi) is 7.87. The first-order valence-electron chi connectivity index (χ1n) is 10.6. The van der Waals surface area contributed by atoms with Crippen LogP contribution in [-0.4, -0.2) is 26.3 Å². The Morgan fingerprint density at radius 1 is 1.03 bits per heavy atom. The van der Waals surface area contributed by atoms with E-state index in [4.69, 9.17) is 14.2 Å². The molecule has 0 fully saturated rings. The molecule has 0 heterocycles. The SMILES string of the molecule is CCOC(=O)COc1ccc(F)c(NCc2cc(-c3cccc(C)c3)cc(C)c2OC)c1F. The molecule has 0 unspecified atom stereocenters. The Balaban J connectivity index is 1.87. The van der Waals surface area contributed by atoms with Gasteiger partial charge in [0.2, 0.25) is 0 Å². The number of esters is 1. The standard InChI is InChI=1S/C26H27F2NO4/c1-5-32-23(30)15-33-22-10-9-21(27)25(24(22)28)29-14-20-13-19(12-17(3)26(20)31-4)18-8-6-7-16(2)11-18/h6-13,29H,5,14-15H2,1-4H3. The van der Waals surface area contributed by atoms with Gasteiger partial charge in [0.25, 0.3) is 0 Å². The third kappa shape index (κ3) is 5.80. The summed E-state index contributed by atoms with van der Waals surface area (Å²) < 4.78 is 44.8. The van der Waals surface area contributed by atoms with Gasteiger partial charge < -0.3 is 19.5 Å². The van der Waals surface area contributed by atoms with E-state index >= 15 is 0 Å². The molecule has 3 rings (SSSR count). The zero-order valence-corrected chi connectivity index (χ0v) is 19.1. The lowest BCUT2D eigenvalue weighted by molar-refractivity contribution is -0.145. The third-order valence-corrected chi connectivity index (χ3v) is 5.07. The molecule has 5 nitrogen and oxygen atoms in total. The molecule has 0 spiro atoms. The second-order valence-corrected chi connectivity index (χ2v) is 7.54. The van der Waals surface area contributed by atoms with Crippen molar-refractivity contribution in [1.82, 2.24) is 0 Å². The van der Waals surface area contributed by atoms with E-state index in [2.05, 4.69) is 11.4 Å². The molecule has 0 radical (unpaired) electrons. The number of benzene rings is 3. The predicted molar refractivity (Wildman–Crippen MR) is 124 cm³/mol. The van der Waals surface area contributed by atoms with Crippen molar-refractivity contribution in [2.75, 3.05) is 25.6 Å². The zero-order valence-electron chi connectivity index (χ0n) is 19.1. The Morgan fingerprint density at radius 2 is 1.82 bits per heavy atom. The molecule has 1 N–H and O–H groups in total. The van der Waals surface area contributed by atoms with Crippen LogP contribution in [-0.2, 0) is 16.1 Å². The summed E-state index contributed by atoms with van der Waals surface area (Å²) in [7, 11) is 1.56. The monoisotopic (exact) mass is 455 g/mol. The summed E-state index contributed by atoms with van der Waals surface area (Å²) in [6, 6.07) is 14.2. The van der Waals surface area contributed by atoms with Crippen LogP contribution in [0.15, 0.2) is 48.5 Å². The molecule has 3 aromatic carbocycles. The van der Waals surface area contributed by atoms with E-state index in [0.29, 0.717) is 5.75 Å². The average molecular weight is 456 g/mol. The number of halogens is 2. The fourth-order valence-corrected chi connectivity index (χ4v) is 3.59. The van der Waals surface area contributed by atoms with Gasteiger partial charge in [-0.25, -0.2) is 13.6 Å². The van der Waals surface area contributed by atoms with E-state index in [1.165, 1.54) is 0 Å². The molecule has 7 heteroatoms. The highest BCUT2D eigenvalue weighted by atomic mass is 19.1. The largest absolute Gasteiger partial charge is 0.496 e. The summed E-state index contributed by atoms with van der Waals surface area (Å²) in [6.07, 6.45) is 0. The van der Waals surface area contributed by atoms with Crippen LogP contribution in [0.25, 0.3) is 11.1 Å². The maximum Gasteiger partial charge on any atom is 0.344 e. The van der Waals surface area contributed by atoms with Gasteiger partial charge in [-0.05, 0) is 61.7 Å². The molecule has 0 aliphatic rings. The molecule has 174 valence electrons. The molecular formula is C26H27F2NO4. The Morgan fingerprint density at radius 3 is 2.52 bits per heavy atom. The van der Waals surface area contributed by atoms with Gasteiger partial charge in [0.05, 0.1) is 13.7 Å². The summed E-state index contributed by atoms with van der Waals surface area (Å²) in [5.74, 6) is -1.95. The molecule has 0 atom stereocenters. The van der Waals surface area contributed by atoms with Crippen LogP contribution in [0.1, 0.15) is 23.6 Å². The molecule has 0 aliphatic carbocycles. The maximum absolute atomic E-state index is 14.9. The van der Waals surface area contributed by atoms with E-state index in [-0.39, 0.29) is 24.6 Å². The van der Waals surface area contributed by atoms with E-state index in [0.717, 1.165) is 39.9 Å². The van der Waals surface area contributed by atoms with Crippen molar-refractivity contribution in [1.29, 1.82) is 0 Å². The van der Waals surface area contributed by atoms with Crippen molar-refractivity contribution >= 4 is 11.7 Å². The highest BCUT2D eigenvalue weighted by Gasteiger charge is 2.18. The number of ether oxygens (including phenoxy) is 3. The van der Waals surface area contributed by atoms with Crippen LogP contribution in [0, 0.1) is 25.5 Å². The Labute approximate surface area is 192 Å². The second-order valence-electron chi connectivity index (χ2n) is 7.54. The van der Waals surface area contributed by atoms with Crippen LogP contribution < -0.4 is 14.8 Å². The first-order valence-corrected chi connectivity index (χ1v) is 10.6. The minimum absolute atomic E-state index is 0.110. The normalized spacial score (nSPS) is 10.6. The average Bonchev–Trinajstić information content (AvgIpc) is 2.78. The van der Waals surface area contributed by atoms with Gasteiger partial charge in [-0.2, -0.15) is 0 Å². The van der Waals surface area contributed by atoms with Crippen LogP contribution in [0.5, 0.6) is 11.5 Å². The van der Waals surface area contributed by atoms with Gasteiger partial charge in [-0.1, -0.05) is 29.8 Å². The molecule has 0 amide bonds. The van der Waals surface area contributed by atoms with Crippen LogP contribution in [0.2, 0.25) is 0 Å². The summed E-state index contributed by atoms with van der Waals surface area (Å²) >= 11 is 0. The first-order chi connectivity index (χ1) is 15.8. The second kappa shape index (κ2) is 10.8. The first kappa shape index (κ1) is 24.0. The fraction of sp³-hybridized carbons (Fsp3) is 0.269. The topological polar surface area (TPSA) is 56.8 Å². The summed E-state index contributed by atoms with van der Waals surface area (Å²) in [5.41, 5.74) is 4.43. The lowest BCUT2D eigenvalue weighted by Gasteiger charge is -2.17. The number of carbonyl (C=O) groups is 1. The molecule has 0 aliphatic heterocycles. The smallest absolute Gasteiger partial charge is 0.344 e. The van der Waals surface area contributed by atoms with Gasteiger partial charge in [0.15, 0.2) is 18.2 Å². The van der Waals surface area contributed by atoms with Crippen LogP contribution in [0.4, 0.5) is 14.5 Å². The highest BCUT2D eigenvalue weighted by Crippen LogP contribution is 2.33. The van der Waals surface area contributed by atoms with E-state index in [1.807, 2.05) is 44.2 Å². The number of nitrogens with one attached hydrogen (secondary N) is 1. The number of hydrogen-bond acceptors (Lipinski definition) is 5. The minimum atomic E-state index is -0.926. The summed E-state index contributed by atoms with van der Waals surface area (Å²) in [5, 5.41) is 2.82. The predicted octanol–water partition coefficient (Wildman–Crippen LogP) is 5.81. The summed E-state index contributed by atoms with van der Waals surface area (Å²) in [6.45, 7) is 5.42. The van der Waals surface area contributed by atoms with Gasteiger partial charge in [-0.3, -0.25) is 0 Å². The zero-order chi connectivity index (χ0) is 24.0. The Hall–Kier alpha value is -3.61. The van der Waals surface area contributed by atoms with Gasteiger partial charge in [-0.15, -0.1) is 0 Å². The number of methoxy groups -OCH3 is 1. The number of aryl methyl sites for hydroxylation is 2. The van der Waals surface area contributed by atoms with Crippen molar-refractivity contribution in [3.05, 3.63) is 76.9 Å². The number of carbonyl (C=O) groups excluding carboxylic acids is 1. The molecule has 0 aromatic heterocycles. The van der Waals surface area contributed by atoms with Crippen molar-refractivity contribution in [3.8, 4) is 22.6 Å². The lowest BCUT2D eigenvalue weighted by Crippen LogP contribution is -2.15. The fourth-order valence-electron chi connectivity index (χ4n) is 3.59. The van der Waals surface area contributed by atoms with Crippen LogP contribution >= 0.6 is 0 Å². The molecular weight excluding hydrogens is 428 g/mol. The quantitative estimate of drug-likeness (QED) is 0.413. The third-order valence-electron chi connectivity index (χ3n) is 5.07. The number of anilines is 1. The molecule has 0 bridgehead atoms. The van der Waals surface area contributed by atoms with Crippen molar-refractivity contribution < 1.29 is 27.8 Å². The highest BCUT2D eigenvalue weighted by molar-refractivity contribution is 5.71. The van der Waals surface area contributed by atoms with E-state index in [9.17, 15) is 13.6 Å². The van der Waals surface area contributed by atoms with Gasteiger partial charge in [0, 0.05) is 12.1 Å². The molecule has 0 saturated heterocycles. The lowest BCUT2D eigenvalue weighted by atomic mass is 9.98.